The molecule has 1 amide bonds. The maximum Gasteiger partial charge on any atom is 0.252 e. The average Bonchev–Trinajstić information content (AvgIpc) is 1.62. The predicted octanol–water partition coefficient (Wildman–Crippen LogP) is 0.492. The molecule has 4 heteroatoms. The Morgan fingerprint density at radius 2 is 2.00 bits per heavy atom. The zero-order valence-corrected chi connectivity index (χ0v) is 7.40. The molecule has 54 valence electrons. The molecule has 0 fully saturated rings. The number of nitrogens with two attached hydrogens (primary N) is 1. The Morgan fingerprint density at radius 1 is 1.67 bits per heavy atom. The first-order valence-corrected chi connectivity index (χ1v) is 3.37. The fourth-order valence-electron chi connectivity index (χ4n) is 0.419. The summed E-state index contributed by atoms with van der Waals surface area (Å²) >= 11 is 3.17. The summed E-state index contributed by atoms with van der Waals surface area (Å²) in [5.41, 5.74) is 0. The van der Waals surface area contributed by atoms with Crippen LogP contribution < -0.4 is 5.84 Å². The van der Waals surface area contributed by atoms with E-state index < -0.39 is 4.32 Å². The third-order valence-electron chi connectivity index (χ3n) is 0.829. The average molecular weight is 195 g/mol. The van der Waals surface area contributed by atoms with Crippen molar-refractivity contribution in [1.29, 1.82) is 0 Å². The van der Waals surface area contributed by atoms with E-state index in [1.165, 1.54) is 7.05 Å². The molecule has 0 aromatic heterocycles. The molecule has 0 saturated heterocycles. The van der Waals surface area contributed by atoms with Crippen LogP contribution in [-0.2, 0) is 4.79 Å². The number of hydrogen-bond acceptors (Lipinski definition) is 2. The lowest BCUT2D eigenvalue weighted by Gasteiger charge is -2.19. The van der Waals surface area contributed by atoms with Gasteiger partial charge in [-0.2, -0.15) is 0 Å². The quantitative estimate of drug-likeness (QED) is 0.286. The number of hydrazine groups is 1. The van der Waals surface area contributed by atoms with E-state index in [0.29, 0.717) is 0 Å². The highest BCUT2D eigenvalue weighted by Crippen LogP contribution is 2.16. The van der Waals surface area contributed by atoms with E-state index in [1.54, 1.807) is 13.8 Å². The molecule has 0 aliphatic carbocycles. The fourth-order valence-corrected chi connectivity index (χ4v) is 0.699. The second kappa shape index (κ2) is 2.66. The molecule has 3 nitrogen and oxygen atoms in total. The van der Waals surface area contributed by atoms with E-state index in [0.717, 1.165) is 5.01 Å². The summed E-state index contributed by atoms with van der Waals surface area (Å²) in [7, 11) is 1.52. The lowest BCUT2D eigenvalue weighted by Crippen LogP contribution is -2.43. The number of nitrogens with zero attached hydrogens (tertiary/aromatic N) is 1. The van der Waals surface area contributed by atoms with Gasteiger partial charge in [-0.05, 0) is 13.8 Å². The van der Waals surface area contributed by atoms with Crippen LogP contribution in [0, 0.1) is 0 Å². The molecule has 0 radical (unpaired) electrons. The molecule has 0 unspecified atom stereocenters. The first-order valence-electron chi connectivity index (χ1n) is 2.57. The summed E-state index contributed by atoms with van der Waals surface area (Å²) in [6.45, 7) is 3.50. The van der Waals surface area contributed by atoms with Crippen LogP contribution in [-0.4, -0.2) is 22.3 Å². The second-order valence-corrected chi connectivity index (χ2v) is 4.37. The minimum atomic E-state index is -0.545. The minimum Gasteiger partial charge on any atom is -0.283 e. The summed E-state index contributed by atoms with van der Waals surface area (Å²) in [5, 5.41) is 1.06. The molecule has 0 bridgehead atoms. The highest BCUT2D eigenvalue weighted by Gasteiger charge is 2.25. The summed E-state index contributed by atoms with van der Waals surface area (Å²) in [4.78, 5) is 10.9. The summed E-state index contributed by atoms with van der Waals surface area (Å²) < 4.78 is -0.545. The van der Waals surface area contributed by atoms with Gasteiger partial charge in [0, 0.05) is 7.05 Å². The number of hydrogen-bond donors (Lipinski definition) is 1. The number of carbonyl (C=O) groups excluding carboxylic acids is 1. The van der Waals surface area contributed by atoms with E-state index in [1.807, 2.05) is 0 Å². The van der Waals surface area contributed by atoms with Crippen molar-refractivity contribution in [2.45, 2.75) is 18.2 Å². The topological polar surface area (TPSA) is 46.3 Å². The highest BCUT2D eigenvalue weighted by molar-refractivity contribution is 9.10. The van der Waals surface area contributed by atoms with Crippen molar-refractivity contribution < 1.29 is 4.79 Å². The number of rotatable bonds is 1. The van der Waals surface area contributed by atoms with Gasteiger partial charge < -0.3 is 0 Å². The Balaban J connectivity index is 4.06. The van der Waals surface area contributed by atoms with Crippen molar-refractivity contribution in [3.8, 4) is 0 Å². The molecule has 0 aromatic rings. The largest absolute Gasteiger partial charge is 0.283 e. The highest BCUT2D eigenvalue weighted by atomic mass is 79.9. The Bertz CT molecular complexity index is 117. The van der Waals surface area contributed by atoms with Crippen molar-refractivity contribution in [3.05, 3.63) is 0 Å². The molecule has 0 rings (SSSR count). The monoisotopic (exact) mass is 194 g/mol. The molecule has 0 heterocycles. The van der Waals surface area contributed by atoms with Crippen LogP contribution in [0.15, 0.2) is 0 Å². The molecule has 2 N–H and O–H groups in total. The summed E-state index contributed by atoms with van der Waals surface area (Å²) in [6.07, 6.45) is 0. The second-order valence-electron chi connectivity index (χ2n) is 2.39. The van der Waals surface area contributed by atoms with Crippen molar-refractivity contribution in [2.75, 3.05) is 7.05 Å². The lowest BCUT2D eigenvalue weighted by molar-refractivity contribution is -0.131. The lowest BCUT2D eigenvalue weighted by atomic mass is 10.2. The van der Waals surface area contributed by atoms with Gasteiger partial charge in [-0.3, -0.25) is 9.80 Å². The van der Waals surface area contributed by atoms with Gasteiger partial charge in [0.05, 0.1) is 0 Å². The van der Waals surface area contributed by atoms with E-state index in [-0.39, 0.29) is 5.91 Å². The Labute approximate surface area is 63.3 Å². The molecule has 9 heavy (non-hydrogen) atoms. The maximum atomic E-state index is 10.9. The molecule has 0 spiro atoms. The first-order chi connectivity index (χ1) is 3.85. The number of amides is 1. The normalized spacial score (nSPS) is 11.2. The molecule has 0 saturated carbocycles. The van der Waals surface area contributed by atoms with E-state index in [9.17, 15) is 4.79 Å². The van der Waals surface area contributed by atoms with Crippen LogP contribution in [0.1, 0.15) is 13.8 Å². The Morgan fingerprint density at radius 3 is 2.00 bits per heavy atom. The van der Waals surface area contributed by atoms with Gasteiger partial charge in [-0.15, -0.1) is 0 Å². The fraction of sp³-hybridized carbons (Fsp3) is 0.800. The van der Waals surface area contributed by atoms with Gasteiger partial charge in [-0.1, -0.05) is 15.9 Å². The molecular weight excluding hydrogens is 184 g/mol. The van der Waals surface area contributed by atoms with Crippen LogP contribution in [0.25, 0.3) is 0 Å². The van der Waals surface area contributed by atoms with Crippen molar-refractivity contribution in [3.63, 3.8) is 0 Å². The van der Waals surface area contributed by atoms with E-state index in [2.05, 4.69) is 15.9 Å². The molecule has 0 aromatic carbocycles. The summed E-state index contributed by atoms with van der Waals surface area (Å²) in [6, 6.07) is 0. The van der Waals surface area contributed by atoms with Gasteiger partial charge >= 0.3 is 0 Å². The summed E-state index contributed by atoms with van der Waals surface area (Å²) in [5.74, 6) is 5.04. The van der Waals surface area contributed by atoms with Crippen LogP contribution in [0.3, 0.4) is 0 Å². The SMILES string of the molecule is CN(N)C(=O)C(C)(C)Br. The van der Waals surface area contributed by atoms with Crippen LogP contribution in [0.5, 0.6) is 0 Å². The van der Waals surface area contributed by atoms with Crippen molar-refractivity contribution in [1.82, 2.24) is 5.01 Å². The molecular formula is C5H11BrN2O. The molecule has 0 aliphatic rings. The Hall–Kier alpha value is -0.0900. The first kappa shape index (κ1) is 8.91. The van der Waals surface area contributed by atoms with Crippen molar-refractivity contribution in [2.24, 2.45) is 5.84 Å². The number of halogens is 1. The maximum absolute atomic E-state index is 10.9. The molecule has 0 atom stereocenters. The third-order valence-corrected chi connectivity index (χ3v) is 1.17. The van der Waals surface area contributed by atoms with Crippen LogP contribution >= 0.6 is 15.9 Å². The third kappa shape index (κ3) is 2.81. The van der Waals surface area contributed by atoms with E-state index >= 15 is 0 Å². The van der Waals surface area contributed by atoms with Crippen LogP contribution in [0.4, 0.5) is 0 Å². The number of carbonyl (C=O) groups is 1. The van der Waals surface area contributed by atoms with Gasteiger partial charge in [-0.25, -0.2) is 5.84 Å². The minimum absolute atomic E-state index is 0.137. The van der Waals surface area contributed by atoms with Gasteiger partial charge in [0.1, 0.15) is 4.32 Å². The Kier molecular flexibility index (Phi) is 2.64. The van der Waals surface area contributed by atoms with Crippen LogP contribution in [0.2, 0.25) is 0 Å². The number of alkyl halides is 1. The van der Waals surface area contributed by atoms with Gasteiger partial charge in [0.2, 0.25) is 0 Å². The van der Waals surface area contributed by atoms with E-state index in [4.69, 9.17) is 5.84 Å². The van der Waals surface area contributed by atoms with Crippen molar-refractivity contribution >= 4 is 21.8 Å². The zero-order chi connectivity index (χ0) is 7.65. The van der Waals surface area contributed by atoms with Gasteiger partial charge in [0.25, 0.3) is 5.91 Å². The smallest absolute Gasteiger partial charge is 0.252 e. The van der Waals surface area contributed by atoms with Gasteiger partial charge in [0.15, 0.2) is 0 Å². The zero-order valence-electron chi connectivity index (χ0n) is 5.81. The molecule has 0 aliphatic heterocycles. The predicted molar refractivity (Wildman–Crippen MR) is 40.0 cm³/mol. The standard InChI is InChI=1S/C5H11BrN2O/c1-5(2,6)4(9)8(3)7/h7H2,1-3H3.